The van der Waals surface area contributed by atoms with Gasteiger partial charge in [0.05, 0.1) is 17.7 Å². The number of ether oxygens (including phenoxy) is 1. The number of benzene rings is 1. The van der Waals surface area contributed by atoms with Crippen molar-refractivity contribution in [1.82, 2.24) is 15.3 Å². The number of rotatable bonds is 7. The number of hydrogen-bond donors (Lipinski definition) is 2. The van der Waals surface area contributed by atoms with Gasteiger partial charge in [0.15, 0.2) is 5.16 Å². The van der Waals surface area contributed by atoms with E-state index in [1.807, 2.05) is 44.2 Å². The highest BCUT2D eigenvalue weighted by Gasteiger charge is 2.13. The number of para-hydroxylation sites is 1. The van der Waals surface area contributed by atoms with Gasteiger partial charge in [0, 0.05) is 4.88 Å². The van der Waals surface area contributed by atoms with Crippen molar-refractivity contribution in [2.24, 2.45) is 0 Å². The quantitative estimate of drug-likeness (QED) is 0.367. The van der Waals surface area contributed by atoms with Gasteiger partial charge in [-0.2, -0.15) is 0 Å². The molecule has 0 aliphatic heterocycles. The van der Waals surface area contributed by atoms with Gasteiger partial charge in [-0.1, -0.05) is 30.0 Å². The molecule has 0 aliphatic carbocycles. The van der Waals surface area contributed by atoms with E-state index < -0.39 is 0 Å². The molecule has 2 aromatic heterocycles. The van der Waals surface area contributed by atoms with Crippen LogP contribution in [-0.2, 0) is 4.79 Å². The number of nitrogens with zero attached hydrogens (tertiary/aromatic N) is 2. The van der Waals surface area contributed by atoms with Crippen LogP contribution >= 0.6 is 23.1 Å². The van der Waals surface area contributed by atoms with Crippen LogP contribution in [0.2, 0.25) is 0 Å². The summed E-state index contributed by atoms with van der Waals surface area (Å²) in [6, 6.07) is 9.50. The minimum atomic E-state index is -0.0903. The average Bonchev–Trinajstić information content (AvgIpc) is 2.92. The van der Waals surface area contributed by atoms with Gasteiger partial charge in [-0.3, -0.25) is 4.79 Å². The Bertz CT molecular complexity index is 912. The lowest BCUT2D eigenvalue weighted by molar-refractivity contribution is -0.118. The molecule has 2 heterocycles. The molecule has 0 radical (unpaired) electrons. The molecule has 8 heteroatoms. The number of carbonyl (C=O) groups is 1. The molecule has 0 spiro atoms. The first-order valence-corrected chi connectivity index (χ1v) is 9.95. The molecule has 0 aliphatic rings. The number of nitrogen functional groups attached to an aromatic ring is 1. The second kappa shape index (κ2) is 8.37. The molecule has 26 heavy (non-hydrogen) atoms. The van der Waals surface area contributed by atoms with E-state index in [0.29, 0.717) is 24.1 Å². The van der Waals surface area contributed by atoms with Crippen LogP contribution in [0.15, 0.2) is 35.5 Å². The largest absolute Gasteiger partial charge is 0.492 e. The molecular formula is C18H20N4O2S2. The second-order valence-electron chi connectivity index (χ2n) is 5.65. The Labute approximate surface area is 160 Å². The van der Waals surface area contributed by atoms with Gasteiger partial charge in [0.2, 0.25) is 5.91 Å². The van der Waals surface area contributed by atoms with Gasteiger partial charge in [-0.15, -0.1) is 11.3 Å². The van der Waals surface area contributed by atoms with E-state index in [-0.39, 0.29) is 11.7 Å². The van der Waals surface area contributed by atoms with E-state index >= 15 is 0 Å². The van der Waals surface area contributed by atoms with Crippen LogP contribution in [0.1, 0.15) is 10.4 Å². The number of aryl methyl sites for hydroxylation is 2. The Balaban J connectivity index is 1.48. The molecule has 0 saturated heterocycles. The fourth-order valence-electron chi connectivity index (χ4n) is 2.38. The molecule has 3 N–H and O–H groups in total. The Morgan fingerprint density at radius 3 is 2.81 bits per heavy atom. The van der Waals surface area contributed by atoms with Crippen LogP contribution in [0.3, 0.4) is 0 Å². The van der Waals surface area contributed by atoms with E-state index in [0.717, 1.165) is 21.5 Å². The van der Waals surface area contributed by atoms with Gasteiger partial charge >= 0.3 is 0 Å². The molecule has 0 atom stereocenters. The lowest BCUT2D eigenvalue weighted by Crippen LogP contribution is -2.29. The van der Waals surface area contributed by atoms with E-state index in [4.69, 9.17) is 10.5 Å². The Kier molecular flexibility index (Phi) is 5.95. The number of nitrogens with two attached hydrogens (primary N) is 1. The number of thioether (sulfide) groups is 1. The number of nitrogens with one attached hydrogen (secondary N) is 1. The number of hydrogen-bond acceptors (Lipinski definition) is 7. The summed E-state index contributed by atoms with van der Waals surface area (Å²) in [5, 5.41) is 4.26. The highest BCUT2D eigenvalue weighted by Crippen LogP contribution is 2.33. The van der Waals surface area contributed by atoms with E-state index in [2.05, 4.69) is 15.3 Å². The van der Waals surface area contributed by atoms with Crippen molar-refractivity contribution >= 4 is 45.0 Å². The summed E-state index contributed by atoms with van der Waals surface area (Å²) in [6.45, 7) is 4.92. The lowest BCUT2D eigenvalue weighted by atomic mass is 10.2. The molecule has 6 nitrogen and oxygen atoms in total. The maximum atomic E-state index is 12.0. The van der Waals surface area contributed by atoms with Gasteiger partial charge in [0.25, 0.3) is 0 Å². The minimum absolute atomic E-state index is 0.0903. The van der Waals surface area contributed by atoms with Crippen molar-refractivity contribution in [2.75, 3.05) is 24.6 Å². The zero-order valence-corrected chi connectivity index (χ0v) is 16.2. The molecule has 136 valence electrons. The summed E-state index contributed by atoms with van der Waals surface area (Å²) in [7, 11) is 0. The third-order valence-corrected chi connectivity index (χ3v) is 5.75. The van der Waals surface area contributed by atoms with E-state index in [9.17, 15) is 4.79 Å². The topological polar surface area (TPSA) is 90.1 Å². The lowest BCUT2D eigenvalue weighted by Gasteiger charge is -2.07. The van der Waals surface area contributed by atoms with Gasteiger partial charge in [-0.25, -0.2) is 9.97 Å². The highest BCUT2D eigenvalue weighted by atomic mass is 32.2. The Morgan fingerprint density at radius 1 is 1.27 bits per heavy atom. The van der Waals surface area contributed by atoms with Gasteiger partial charge in [-0.05, 0) is 31.5 Å². The van der Waals surface area contributed by atoms with Crippen molar-refractivity contribution in [3.8, 4) is 5.75 Å². The number of amides is 1. The SMILES string of the molecule is Cc1sc2nc(SCC(=O)NCCOc3ccccc3)nc(N)c2c1C. The Hall–Kier alpha value is -2.32. The van der Waals surface area contributed by atoms with Crippen molar-refractivity contribution in [3.63, 3.8) is 0 Å². The second-order valence-corrected chi connectivity index (χ2v) is 7.80. The number of thiophene rings is 1. The fourth-order valence-corrected chi connectivity index (χ4v) is 4.16. The minimum Gasteiger partial charge on any atom is -0.492 e. The zero-order chi connectivity index (χ0) is 18.5. The van der Waals surface area contributed by atoms with E-state index in [1.54, 1.807) is 11.3 Å². The summed E-state index contributed by atoms with van der Waals surface area (Å²) in [5.41, 5.74) is 7.18. The predicted molar refractivity (Wildman–Crippen MR) is 107 cm³/mol. The number of aromatic nitrogens is 2. The third kappa shape index (κ3) is 4.44. The Morgan fingerprint density at radius 2 is 2.04 bits per heavy atom. The highest BCUT2D eigenvalue weighted by molar-refractivity contribution is 7.99. The number of carbonyl (C=O) groups excluding carboxylic acids is 1. The van der Waals surface area contributed by atoms with Crippen LogP contribution in [0.25, 0.3) is 10.2 Å². The van der Waals surface area contributed by atoms with Crippen LogP contribution in [0.5, 0.6) is 5.75 Å². The molecule has 0 unspecified atom stereocenters. The summed E-state index contributed by atoms with van der Waals surface area (Å²) in [6.07, 6.45) is 0. The third-order valence-electron chi connectivity index (χ3n) is 3.80. The summed E-state index contributed by atoms with van der Waals surface area (Å²) >= 11 is 2.87. The molecule has 0 saturated carbocycles. The predicted octanol–water partition coefficient (Wildman–Crippen LogP) is 3.18. The normalized spacial score (nSPS) is 10.8. The van der Waals surface area contributed by atoms with Crippen LogP contribution in [0, 0.1) is 13.8 Å². The monoisotopic (exact) mass is 388 g/mol. The van der Waals surface area contributed by atoms with E-state index in [1.165, 1.54) is 16.6 Å². The summed E-state index contributed by atoms with van der Waals surface area (Å²) in [4.78, 5) is 22.8. The number of fused-ring (bicyclic) bond motifs is 1. The summed E-state index contributed by atoms with van der Waals surface area (Å²) in [5.74, 6) is 1.40. The zero-order valence-electron chi connectivity index (χ0n) is 14.6. The number of anilines is 1. The smallest absolute Gasteiger partial charge is 0.230 e. The van der Waals surface area contributed by atoms with Crippen molar-refractivity contribution in [2.45, 2.75) is 19.0 Å². The fraction of sp³-hybridized carbons (Fsp3) is 0.278. The van der Waals surface area contributed by atoms with Gasteiger partial charge < -0.3 is 15.8 Å². The van der Waals surface area contributed by atoms with Crippen molar-refractivity contribution < 1.29 is 9.53 Å². The van der Waals surface area contributed by atoms with Crippen LogP contribution in [-0.4, -0.2) is 34.8 Å². The van der Waals surface area contributed by atoms with Crippen LogP contribution in [0.4, 0.5) is 5.82 Å². The first-order chi connectivity index (χ1) is 12.5. The van der Waals surface area contributed by atoms with Gasteiger partial charge in [0.1, 0.15) is 23.0 Å². The molecule has 0 bridgehead atoms. The molecule has 1 aromatic carbocycles. The maximum absolute atomic E-state index is 12.0. The standard InChI is InChI=1S/C18H20N4O2S2/c1-11-12(2)26-17-15(11)16(19)21-18(22-17)25-10-14(23)20-8-9-24-13-6-4-3-5-7-13/h3-7H,8-10H2,1-2H3,(H,20,23)(H2,19,21,22). The molecule has 3 aromatic rings. The first kappa shape index (κ1) is 18.5. The average molecular weight is 389 g/mol. The van der Waals surface area contributed by atoms with Crippen LogP contribution < -0.4 is 15.8 Å². The molecule has 3 rings (SSSR count). The molecule has 1 amide bonds. The van der Waals surface area contributed by atoms with Crippen molar-refractivity contribution in [3.05, 3.63) is 40.8 Å². The molecule has 0 fully saturated rings. The molecular weight excluding hydrogens is 368 g/mol. The summed E-state index contributed by atoms with van der Waals surface area (Å²) < 4.78 is 5.54. The maximum Gasteiger partial charge on any atom is 0.230 e. The van der Waals surface area contributed by atoms with Crippen molar-refractivity contribution in [1.29, 1.82) is 0 Å². The first-order valence-electron chi connectivity index (χ1n) is 8.15.